The molecule has 5 heteroatoms. The molecule has 24 heavy (non-hydrogen) atoms. The average Bonchev–Trinajstić information content (AvgIpc) is 2.54. The largest absolute Gasteiger partial charge is 0.482 e. The van der Waals surface area contributed by atoms with Crippen LogP contribution in [0.5, 0.6) is 5.75 Å². The molecular weight excluding hydrogens is 318 g/mol. The molecule has 0 radical (unpaired) electrons. The molecule has 122 valence electrons. The molecule has 3 rings (SSSR count). The summed E-state index contributed by atoms with van der Waals surface area (Å²) in [6, 6.07) is 12.2. The van der Waals surface area contributed by atoms with Gasteiger partial charge in [0.2, 0.25) is 0 Å². The molecule has 2 heterocycles. The molecule has 0 spiro atoms. The molecule has 0 atom stereocenters. The normalized spacial score (nSPS) is 15.3. The second-order valence-electron chi connectivity index (χ2n) is 6.21. The van der Waals surface area contributed by atoms with Crippen LogP contribution in [0.25, 0.3) is 5.57 Å². The molecule has 0 saturated carbocycles. The van der Waals surface area contributed by atoms with Crippen LogP contribution in [-0.2, 0) is 0 Å². The van der Waals surface area contributed by atoms with Crippen LogP contribution in [0.4, 0.5) is 5.69 Å². The van der Waals surface area contributed by atoms with Gasteiger partial charge >= 0.3 is 0 Å². The second-order valence-corrected chi connectivity index (χ2v) is 6.82. The maximum atomic E-state index is 9.75. The number of rotatable bonds is 3. The topological polar surface area (TPSA) is 57.9 Å². The Hall–Kier alpha value is -2.45. The number of hydrogen-bond donors (Lipinski definition) is 1. The van der Waals surface area contributed by atoms with Crippen LogP contribution in [0.1, 0.15) is 30.7 Å². The SMILES string of the molecule is CSNc1ccc2c(c1)OC(C)(C)C(C#N)=C2c1ccc(C)cn1. The number of fused-ring (bicyclic) bond motifs is 1. The van der Waals surface area contributed by atoms with Gasteiger partial charge in [-0.15, -0.1) is 0 Å². The lowest BCUT2D eigenvalue weighted by atomic mass is 9.85. The summed E-state index contributed by atoms with van der Waals surface area (Å²) in [7, 11) is 0. The van der Waals surface area contributed by atoms with Gasteiger partial charge in [-0.2, -0.15) is 5.26 Å². The smallest absolute Gasteiger partial charge is 0.139 e. The van der Waals surface area contributed by atoms with Crippen LogP contribution in [0.15, 0.2) is 42.1 Å². The number of ether oxygens (including phenoxy) is 1. The molecule has 1 aromatic carbocycles. The summed E-state index contributed by atoms with van der Waals surface area (Å²) in [5.74, 6) is 0.760. The molecule has 0 unspecified atom stereocenters. The Morgan fingerprint density at radius 1 is 1.25 bits per heavy atom. The van der Waals surface area contributed by atoms with Gasteiger partial charge in [-0.3, -0.25) is 4.98 Å². The van der Waals surface area contributed by atoms with E-state index in [0.717, 1.165) is 33.8 Å². The molecule has 0 bridgehead atoms. The summed E-state index contributed by atoms with van der Waals surface area (Å²) in [4.78, 5) is 4.54. The van der Waals surface area contributed by atoms with Crippen molar-refractivity contribution in [3.05, 3.63) is 58.9 Å². The number of pyridine rings is 1. The van der Waals surface area contributed by atoms with Crippen molar-refractivity contribution in [2.75, 3.05) is 11.0 Å². The Balaban J connectivity index is 2.24. The predicted octanol–water partition coefficient (Wildman–Crippen LogP) is 4.58. The number of benzene rings is 1. The lowest BCUT2D eigenvalue weighted by Gasteiger charge is -2.34. The molecular formula is C19H19N3OS. The molecule has 4 nitrogen and oxygen atoms in total. The van der Waals surface area contributed by atoms with E-state index in [-0.39, 0.29) is 0 Å². The highest BCUT2D eigenvalue weighted by Gasteiger charge is 2.36. The van der Waals surface area contributed by atoms with Gasteiger partial charge < -0.3 is 9.46 Å². The number of nitrogens with zero attached hydrogens (tertiary/aromatic N) is 2. The van der Waals surface area contributed by atoms with E-state index in [9.17, 15) is 5.26 Å². The molecule has 2 aromatic rings. The molecule has 1 aliphatic heterocycles. The molecule has 1 aromatic heterocycles. The van der Waals surface area contributed by atoms with E-state index in [1.807, 2.05) is 63.6 Å². The minimum absolute atomic E-state index is 0.594. The first-order valence-corrected chi connectivity index (χ1v) is 8.89. The lowest BCUT2D eigenvalue weighted by Crippen LogP contribution is -2.34. The Morgan fingerprint density at radius 2 is 2.04 bits per heavy atom. The van der Waals surface area contributed by atoms with Crippen LogP contribution < -0.4 is 9.46 Å². The summed E-state index contributed by atoms with van der Waals surface area (Å²) < 4.78 is 9.34. The van der Waals surface area contributed by atoms with E-state index in [4.69, 9.17) is 4.74 Å². The van der Waals surface area contributed by atoms with Crippen LogP contribution in [0.3, 0.4) is 0 Å². The Bertz CT molecular complexity index is 848. The molecule has 0 saturated heterocycles. The fourth-order valence-corrected chi connectivity index (χ4v) is 3.19. The summed E-state index contributed by atoms with van der Waals surface area (Å²) in [6.07, 6.45) is 3.79. The van der Waals surface area contributed by atoms with E-state index in [2.05, 4.69) is 15.8 Å². The fraction of sp³-hybridized carbons (Fsp3) is 0.263. The van der Waals surface area contributed by atoms with Gasteiger partial charge in [0.15, 0.2) is 0 Å². The average molecular weight is 337 g/mol. The minimum Gasteiger partial charge on any atom is -0.482 e. The first-order chi connectivity index (χ1) is 11.5. The molecule has 1 N–H and O–H groups in total. The summed E-state index contributed by atoms with van der Waals surface area (Å²) >= 11 is 1.53. The number of aromatic nitrogens is 1. The third kappa shape index (κ3) is 2.85. The number of anilines is 1. The predicted molar refractivity (Wildman–Crippen MR) is 98.9 cm³/mol. The van der Waals surface area contributed by atoms with Crippen LogP contribution in [0.2, 0.25) is 0 Å². The zero-order valence-electron chi connectivity index (χ0n) is 14.2. The Morgan fingerprint density at radius 3 is 2.67 bits per heavy atom. The maximum absolute atomic E-state index is 9.75. The zero-order valence-corrected chi connectivity index (χ0v) is 15.0. The number of nitriles is 1. The van der Waals surface area contributed by atoms with Gasteiger partial charge in [-0.25, -0.2) is 0 Å². The van der Waals surface area contributed by atoms with Crippen molar-refractivity contribution in [1.29, 1.82) is 5.26 Å². The maximum Gasteiger partial charge on any atom is 0.139 e. The van der Waals surface area contributed by atoms with Crippen molar-refractivity contribution >= 4 is 23.2 Å². The zero-order chi connectivity index (χ0) is 17.3. The lowest BCUT2D eigenvalue weighted by molar-refractivity contribution is 0.149. The van der Waals surface area contributed by atoms with Gasteiger partial charge in [-0.1, -0.05) is 18.0 Å². The molecule has 0 fully saturated rings. The second kappa shape index (κ2) is 6.21. The highest BCUT2D eigenvalue weighted by Crippen LogP contribution is 2.44. The van der Waals surface area contributed by atoms with Gasteiger partial charge in [0, 0.05) is 35.3 Å². The number of aryl methyl sites for hydroxylation is 1. The van der Waals surface area contributed by atoms with E-state index in [1.54, 1.807) is 0 Å². The van der Waals surface area contributed by atoms with Gasteiger partial charge in [-0.05, 0) is 44.5 Å². The summed E-state index contributed by atoms with van der Waals surface area (Å²) in [5, 5.41) is 9.75. The van der Waals surface area contributed by atoms with Crippen LogP contribution >= 0.6 is 11.9 Å². The number of hydrogen-bond acceptors (Lipinski definition) is 5. The standard InChI is InChI=1S/C19H19N3OS/c1-12-5-8-16(21-11-12)18-14-7-6-13(22-24-4)9-17(14)23-19(2,3)15(18)10-20/h5-9,11,22H,1-4H3. The third-order valence-corrected chi connectivity index (χ3v) is 4.41. The van der Waals surface area contributed by atoms with Crippen LogP contribution in [0, 0.1) is 18.3 Å². The minimum atomic E-state index is -0.707. The van der Waals surface area contributed by atoms with Crippen molar-refractivity contribution in [3.63, 3.8) is 0 Å². The fourth-order valence-electron chi connectivity index (χ4n) is 2.83. The summed E-state index contributed by atoms with van der Waals surface area (Å²) in [6.45, 7) is 5.83. The van der Waals surface area contributed by atoms with Crippen molar-refractivity contribution < 1.29 is 4.74 Å². The molecule has 0 aliphatic carbocycles. The van der Waals surface area contributed by atoms with E-state index in [1.165, 1.54) is 11.9 Å². The van der Waals surface area contributed by atoms with Crippen molar-refractivity contribution in [2.24, 2.45) is 0 Å². The van der Waals surface area contributed by atoms with Crippen molar-refractivity contribution in [3.8, 4) is 11.8 Å². The Labute approximate surface area is 146 Å². The highest BCUT2D eigenvalue weighted by atomic mass is 32.2. The van der Waals surface area contributed by atoms with E-state index in [0.29, 0.717) is 5.57 Å². The quantitative estimate of drug-likeness (QED) is 0.831. The Kier molecular flexibility index (Phi) is 4.25. The van der Waals surface area contributed by atoms with Crippen molar-refractivity contribution in [1.82, 2.24) is 4.98 Å². The summed E-state index contributed by atoms with van der Waals surface area (Å²) in [5.41, 5.74) is 4.48. The highest BCUT2D eigenvalue weighted by molar-refractivity contribution is 7.99. The van der Waals surface area contributed by atoms with E-state index >= 15 is 0 Å². The first kappa shape index (κ1) is 16.4. The third-order valence-electron chi connectivity index (χ3n) is 3.97. The van der Waals surface area contributed by atoms with E-state index < -0.39 is 5.60 Å². The monoisotopic (exact) mass is 337 g/mol. The van der Waals surface area contributed by atoms with Gasteiger partial charge in [0.05, 0.1) is 17.3 Å². The van der Waals surface area contributed by atoms with Gasteiger partial charge in [0.25, 0.3) is 0 Å². The van der Waals surface area contributed by atoms with Crippen LogP contribution in [-0.4, -0.2) is 16.8 Å². The molecule has 0 amide bonds. The van der Waals surface area contributed by atoms with Gasteiger partial charge in [0.1, 0.15) is 11.4 Å². The van der Waals surface area contributed by atoms with Crippen molar-refractivity contribution in [2.45, 2.75) is 26.4 Å². The first-order valence-electron chi connectivity index (χ1n) is 7.66. The molecule has 1 aliphatic rings. The number of nitrogens with one attached hydrogen (secondary N) is 1.